The topological polar surface area (TPSA) is 64.7 Å². The molecule has 1 aliphatic rings. The van der Waals surface area contributed by atoms with Crippen LogP contribution in [-0.4, -0.2) is 83.4 Å². The molecule has 2 N–H and O–H groups in total. The molecular formula is C13H30N4O2S. The first-order valence-electron chi connectivity index (χ1n) is 7.38. The van der Waals surface area contributed by atoms with Gasteiger partial charge in [0.2, 0.25) is 10.0 Å². The van der Waals surface area contributed by atoms with Crippen LogP contribution < -0.4 is 10.0 Å². The van der Waals surface area contributed by atoms with Crippen LogP contribution in [0.15, 0.2) is 0 Å². The molecule has 1 rings (SSSR count). The van der Waals surface area contributed by atoms with Crippen molar-refractivity contribution in [3.05, 3.63) is 0 Å². The van der Waals surface area contributed by atoms with Gasteiger partial charge in [-0.15, -0.1) is 0 Å². The average Bonchev–Trinajstić information content (AvgIpc) is 2.36. The van der Waals surface area contributed by atoms with Crippen molar-refractivity contribution >= 4 is 10.0 Å². The molecule has 1 saturated heterocycles. The van der Waals surface area contributed by atoms with E-state index in [4.69, 9.17) is 0 Å². The second kappa shape index (κ2) is 8.29. The Morgan fingerprint density at radius 1 is 1.25 bits per heavy atom. The lowest BCUT2D eigenvalue weighted by atomic mass is 10.1. The zero-order chi connectivity index (χ0) is 15.2. The van der Waals surface area contributed by atoms with Gasteiger partial charge in [-0.3, -0.25) is 4.90 Å². The molecule has 0 saturated carbocycles. The zero-order valence-electron chi connectivity index (χ0n) is 13.2. The first-order chi connectivity index (χ1) is 9.30. The Hall–Kier alpha value is -0.210. The van der Waals surface area contributed by atoms with E-state index < -0.39 is 10.0 Å². The fraction of sp³-hybridized carbons (Fsp3) is 1.00. The van der Waals surface area contributed by atoms with E-state index in [0.29, 0.717) is 6.54 Å². The van der Waals surface area contributed by atoms with Gasteiger partial charge in [0, 0.05) is 45.3 Å². The van der Waals surface area contributed by atoms with E-state index in [0.717, 1.165) is 32.7 Å². The van der Waals surface area contributed by atoms with Crippen molar-refractivity contribution in [1.29, 1.82) is 0 Å². The van der Waals surface area contributed by atoms with Crippen LogP contribution in [-0.2, 0) is 10.0 Å². The van der Waals surface area contributed by atoms with Crippen molar-refractivity contribution in [2.45, 2.75) is 19.9 Å². The maximum Gasteiger partial charge on any atom is 0.213 e. The van der Waals surface area contributed by atoms with Crippen LogP contribution in [0.25, 0.3) is 0 Å². The number of nitrogens with one attached hydrogen (secondary N) is 2. The van der Waals surface area contributed by atoms with Crippen LogP contribution in [0.4, 0.5) is 0 Å². The Labute approximate surface area is 123 Å². The van der Waals surface area contributed by atoms with E-state index in [2.05, 4.69) is 14.9 Å². The standard InChI is InChI=1S/C13H30N4O2S/c1-12(2)13(11-16(3)4)15-20(18,19)10-9-17-7-5-14-6-8-17/h12-15H,5-11H2,1-4H3. The molecule has 1 unspecified atom stereocenters. The molecule has 0 amide bonds. The second-order valence-corrected chi connectivity index (χ2v) is 8.01. The first kappa shape index (κ1) is 17.8. The van der Waals surface area contributed by atoms with Gasteiger partial charge in [0.1, 0.15) is 0 Å². The number of likely N-dealkylation sites (N-methyl/N-ethyl adjacent to an activating group) is 1. The van der Waals surface area contributed by atoms with Crippen LogP contribution in [0.2, 0.25) is 0 Å². The maximum atomic E-state index is 12.2. The summed E-state index contributed by atoms with van der Waals surface area (Å²) >= 11 is 0. The Kier molecular flexibility index (Phi) is 7.39. The summed E-state index contributed by atoms with van der Waals surface area (Å²) in [5.41, 5.74) is 0. The molecule has 7 heteroatoms. The summed E-state index contributed by atoms with van der Waals surface area (Å²) in [6.07, 6.45) is 0. The van der Waals surface area contributed by atoms with E-state index in [9.17, 15) is 8.42 Å². The predicted molar refractivity (Wildman–Crippen MR) is 83.4 cm³/mol. The highest BCUT2D eigenvalue weighted by molar-refractivity contribution is 7.89. The molecular weight excluding hydrogens is 276 g/mol. The summed E-state index contributed by atoms with van der Waals surface area (Å²) in [5.74, 6) is 0.468. The van der Waals surface area contributed by atoms with Gasteiger partial charge in [0.05, 0.1) is 5.75 Å². The van der Waals surface area contributed by atoms with Crippen LogP contribution >= 0.6 is 0 Å². The minimum absolute atomic E-state index is 0.0296. The lowest BCUT2D eigenvalue weighted by Crippen LogP contribution is -2.49. The molecule has 0 aromatic rings. The predicted octanol–water partition coefficient (Wildman–Crippen LogP) is -0.603. The lowest BCUT2D eigenvalue weighted by Gasteiger charge is -2.28. The first-order valence-corrected chi connectivity index (χ1v) is 9.03. The largest absolute Gasteiger partial charge is 0.314 e. The van der Waals surface area contributed by atoms with E-state index in [1.165, 1.54) is 0 Å². The highest BCUT2D eigenvalue weighted by Gasteiger charge is 2.22. The molecule has 0 spiro atoms. The summed E-state index contributed by atoms with van der Waals surface area (Å²) in [4.78, 5) is 4.22. The van der Waals surface area contributed by atoms with Gasteiger partial charge in [-0.1, -0.05) is 13.8 Å². The number of sulfonamides is 1. The normalized spacial score (nSPS) is 19.7. The molecule has 6 nitrogen and oxygen atoms in total. The Morgan fingerprint density at radius 2 is 1.85 bits per heavy atom. The molecule has 0 aromatic carbocycles. The number of nitrogens with zero attached hydrogens (tertiary/aromatic N) is 2. The van der Waals surface area contributed by atoms with Crippen molar-refractivity contribution in [2.75, 3.05) is 59.1 Å². The number of piperazine rings is 1. The lowest BCUT2D eigenvalue weighted by molar-refractivity contribution is 0.253. The summed E-state index contributed by atoms with van der Waals surface area (Å²) in [7, 11) is 0.716. The van der Waals surface area contributed by atoms with Crippen molar-refractivity contribution in [1.82, 2.24) is 19.8 Å². The van der Waals surface area contributed by atoms with Crippen molar-refractivity contribution < 1.29 is 8.42 Å². The van der Waals surface area contributed by atoms with Gasteiger partial charge >= 0.3 is 0 Å². The summed E-state index contributed by atoms with van der Waals surface area (Å²) in [6, 6.07) is -0.0296. The fourth-order valence-electron chi connectivity index (χ4n) is 2.25. The number of rotatable bonds is 8. The quantitative estimate of drug-likeness (QED) is 0.627. The molecule has 20 heavy (non-hydrogen) atoms. The van der Waals surface area contributed by atoms with Crippen LogP contribution in [0.5, 0.6) is 0 Å². The summed E-state index contributed by atoms with van der Waals surface area (Å²) in [6.45, 7) is 9.20. The van der Waals surface area contributed by atoms with E-state index >= 15 is 0 Å². The minimum Gasteiger partial charge on any atom is -0.314 e. The zero-order valence-corrected chi connectivity index (χ0v) is 14.0. The summed E-state index contributed by atoms with van der Waals surface area (Å²) in [5, 5.41) is 3.27. The van der Waals surface area contributed by atoms with Gasteiger partial charge in [0.25, 0.3) is 0 Å². The molecule has 0 bridgehead atoms. The molecule has 0 aliphatic carbocycles. The van der Waals surface area contributed by atoms with E-state index in [1.807, 2.05) is 32.8 Å². The van der Waals surface area contributed by atoms with Gasteiger partial charge < -0.3 is 10.2 Å². The molecule has 1 atom stereocenters. The molecule has 120 valence electrons. The molecule has 0 radical (unpaired) electrons. The summed E-state index contributed by atoms with van der Waals surface area (Å²) < 4.78 is 27.2. The van der Waals surface area contributed by atoms with Crippen LogP contribution in [0, 0.1) is 5.92 Å². The Morgan fingerprint density at radius 3 is 2.35 bits per heavy atom. The third-order valence-corrected chi connectivity index (χ3v) is 4.97. The van der Waals surface area contributed by atoms with Crippen molar-refractivity contribution in [3.63, 3.8) is 0 Å². The van der Waals surface area contributed by atoms with E-state index in [1.54, 1.807) is 0 Å². The smallest absolute Gasteiger partial charge is 0.213 e. The second-order valence-electron chi connectivity index (χ2n) is 6.14. The monoisotopic (exact) mass is 306 g/mol. The number of hydrogen-bond acceptors (Lipinski definition) is 5. The Bertz CT molecular complexity index is 365. The highest BCUT2D eigenvalue weighted by atomic mass is 32.2. The van der Waals surface area contributed by atoms with Crippen molar-refractivity contribution in [2.24, 2.45) is 5.92 Å². The third kappa shape index (κ3) is 6.99. The van der Waals surface area contributed by atoms with Gasteiger partial charge in [-0.25, -0.2) is 13.1 Å². The maximum absolute atomic E-state index is 12.2. The molecule has 1 fully saturated rings. The van der Waals surface area contributed by atoms with Crippen LogP contribution in [0.1, 0.15) is 13.8 Å². The third-order valence-electron chi connectivity index (χ3n) is 3.58. The van der Waals surface area contributed by atoms with Gasteiger partial charge in [-0.05, 0) is 20.0 Å². The van der Waals surface area contributed by atoms with Gasteiger partial charge in [0.15, 0.2) is 0 Å². The fourth-order valence-corrected chi connectivity index (χ4v) is 3.68. The van der Waals surface area contributed by atoms with Crippen LogP contribution in [0.3, 0.4) is 0 Å². The Balaban J connectivity index is 2.45. The van der Waals surface area contributed by atoms with E-state index in [-0.39, 0.29) is 17.7 Å². The molecule has 0 aromatic heterocycles. The minimum atomic E-state index is -3.21. The SMILES string of the molecule is CC(C)C(CN(C)C)NS(=O)(=O)CCN1CCNCC1. The highest BCUT2D eigenvalue weighted by Crippen LogP contribution is 2.05. The van der Waals surface area contributed by atoms with Gasteiger partial charge in [-0.2, -0.15) is 0 Å². The molecule has 1 heterocycles. The average molecular weight is 306 g/mol. The molecule has 1 aliphatic heterocycles. The van der Waals surface area contributed by atoms with Crippen molar-refractivity contribution in [3.8, 4) is 0 Å². The number of hydrogen-bond donors (Lipinski definition) is 2.